The number of benzene rings is 1. The van der Waals surface area contributed by atoms with Crippen molar-refractivity contribution in [2.45, 2.75) is 18.9 Å². The number of hydrogen-bond acceptors (Lipinski definition) is 2. The van der Waals surface area contributed by atoms with Crippen molar-refractivity contribution in [3.05, 3.63) is 34.9 Å². The molecule has 1 aromatic carbocycles. The van der Waals surface area contributed by atoms with Crippen molar-refractivity contribution in [3.8, 4) is 0 Å². The van der Waals surface area contributed by atoms with E-state index in [1.807, 2.05) is 29.2 Å². The lowest BCUT2D eigenvalue weighted by Gasteiger charge is -2.23. The minimum absolute atomic E-state index is 0.208. The van der Waals surface area contributed by atoms with E-state index in [0.717, 1.165) is 31.6 Å². The van der Waals surface area contributed by atoms with Crippen molar-refractivity contribution in [2.75, 3.05) is 19.6 Å². The van der Waals surface area contributed by atoms with Gasteiger partial charge in [-0.05, 0) is 24.0 Å². The maximum absolute atomic E-state index is 12.3. The number of carbonyl (C=O) groups is 1. The third-order valence-corrected chi connectivity index (χ3v) is 4.43. The molecule has 0 spiro atoms. The number of rotatable bonds is 2. The third kappa shape index (κ3) is 2.13. The summed E-state index contributed by atoms with van der Waals surface area (Å²) < 4.78 is 0. The highest BCUT2D eigenvalue weighted by Gasteiger charge is 2.39. The van der Waals surface area contributed by atoms with E-state index < -0.39 is 0 Å². The van der Waals surface area contributed by atoms with Gasteiger partial charge in [-0.3, -0.25) is 4.79 Å². The number of hydrogen-bond donors (Lipinski definition) is 1. The number of halogens is 1. The minimum atomic E-state index is 0.208. The van der Waals surface area contributed by atoms with Gasteiger partial charge in [-0.15, -0.1) is 0 Å². The molecule has 0 radical (unpaired) electrons. The quantitative estimate of drug-likeness (QED) is 0.882. The molecule has 3 rings (SSSR count). The molecule has 0 aliphatic carbocycles. The first-order valence-corrected chi connectivity index (χ1v) is 6.87. The van der Waals surface area contributed by atoms with Gasteiger partial charge in [0.1, 0.15) is 0 Å². The first-order valence-electron chi connectivity index (χ1n) is 6.49. The van der Waals surface area contributed by atoms with Crippen LogP contribution in [0.3, 0.4) is 0 Å². The summed E-state index contributed by atoms with van der Waals surface area (Å²) in [6, 6.07) is 8.00. The topological polar surface area (TPSA) is 32.3 Å². The molecule has 1 amide bonds. The Morgan fingerprint density at radius 2 is 2.22 bits per heavy atom. The second kappa shape index (κ2) is 4.90. The van der Waals surface area contributed by atoms with Crippen molar-refractivity contribution in [1.29, 1.82) is 0 Å². The summed E-state index contributed by atoms with van der Waals surface area (Å²) in [5.41, 5.74) is 0.929. The zero-order valence-electron chi connectivity index (χ0n) is 10.2. The second-order valence-corrected chi connectivity index (χ2v) is 5.54. The standard InChI is InChI=1S/C14H17ClN2O/c15-12-4-2-1-3-10(12)7-14(18)17-6-5-11-8-16-9-13(11)17/h1-4,11,13,16H,5-9H2/t11-,13+/m1/s1. The molecule has 2 aliphatic heterocycles. The van der Waals surface area contributed by atoms with Crippen molar-refractivity contribution in [2.24, 2.45) is 5.92 Å². The van der Waals surface area contributed by atoms with Gasteiger partial charge in [0.05, 0.1) is 6.42 Å². The van der Waals surface area contributed by atoms with Gasteiger partial charge in [0, 0.05) is 30.7 Å². The van der Waals surface area contributed by atoms with Crippen LogP contribution in [-0.2, 0) is 11.2 Å². The highest BCUT2D eigenvalue weighted by atomic mass is 35.5. The fourth-order valence-electron chi connectivity index (χ4n) is 3.07. The molecular formula is C14H17ClN2O. The van der Waals surface area contributed by atoms with Gasteiger partial charge < -0.3 is 10.2 Å². The molecule has 1 N–H and O–H groups in total. The van der Waals surface area contributed by atoms with E-state index in [0.29, 0.717) is 23.4 Å². The van der Waals surface area contributed by atoms with Gasteiger partial charge in [0.15, 0.2) is 0 Å². The molecule has 2 atom stereocenters. The molecule has 0 saturated carbocycles. The molecule has 18 heavy (non-hydrogen) atoms. The highest BCUT2D eigenvalue weighted by molar-refractivity contribution is 6.31. The Kier molecular flexibility index (Phi) is 3.27. The molecule has 2 saturated heterocycles. The molecule has 0 bridgehead atoms. The van der Waals surface area contributed by atoms with Crippen molar-refractivity contribution in [3.63, 3.8) is 0 Å². The summed E-state index contributed by atoms with van der Waals surface area (Å²) in [6.07, 6.45) is 1.55. The molecule has 4 heteroatoms. The number of nitrogens with zero attached hydrogens (tertiary/aromatic N) is 1. The number of amides is 1. The Morgan fingerprint density at radius 3 is 3.06 bits per heavy atom. The molecule has 0 unspecified atom stereocenters. The van der Waals surface area contributed by atoms with Crippen molar-refractivity contribution < 1.29 is 4.79 Å². The fourth-order valence-corrected chi connectivity index (χ4v) is 3.27. The summed E-state index contributed by atoms with van der Waals surface area (Å²) in [4.78, 5) is 14.4. The molecule has 2 fully saturated rings. The van der Waals surface area contributed by atoms with E-state index in [1.54, 1.807) is 0 Å². The van der Waals surface area contributed by atoms with Gasteiger partial charge in [0.2, 0.25) is 5.91 Å². The summed E-state index contributed by atoms with van der Waals surface area (Å²) >= 11 is 6.10. The predicted molar refractivity (Wildman–Crippen MR) is 71.6 cm³/mol. The van der Waals surface area contributed by atoms with Crippen LogP contribution in [0.4, 0.5) is 0 Å². The normalized spacial score (nSPS) is 26.4. The number of carbonyl (C=O) groups excluding carboxylic acids is 1. The van der Waals surface area contributed by atoms with E-state index in [4.69, 9.17) is 11.6 Å². The van der Waals surface area contributed by atoms with Crippen molar-refractivity contribution >= 4 is 17.5 Å². The van der Waals surface area contributed by atoms with Crippen LogP contribution in [0.25, 0.3) is 0 Å². The van der Waals surface area contributed by atoms with Crippen LogP contribution >= 0.6 is 11.6 Å². The maximum Gasteiger partial charge on any atom is 0.227 e. The third-order valence-electron chi connectivity index (χ3n) is 4.07. The molecular weight excluding hydrogens is 248 g/mol. The van der Waals surface area contributed by atoms with Crippen LogP contribution in [0, 0.1) is 5.92 Å². The Bertz CT molecular complexity index is 463. The molecule has 2 aliphatic rings. The van der Waals surface area contributed by atoms with Crippen LogP contribution in [0.15, 0.2) is 24.3 Å². The number of fused-ring (bicyclic) bond motifs is 1. The van der Waals surface area contributed by atoms with Gasteiger partial charge >= 0.3 is 0 Å². The van der Waals surface area contributed by atoms with E-state index >= 15 is 0 Å². The SMILES string of the molecule is O=C(Cc1ccccc1Cl)N1CC[C@@H]2CNC[C@@H]21. The Balaban J connectivity index is 1.70. The summed E-state index contributed by atoms with van der Waals surface area (Å²) in [6.45, 7) is 2.90. The van der Waals surface area contributed by atoms with E-state index in [2.05, 4.69) is 5.32 Å². The Morgan fingerprint density at radius 1 is 1.39 bits per heavy atom. The molecule has 0 aromatic heterocycles. The molecule has 3 nitrogen and oxygen atoms in total. The van der Waals surface area contributed by atoms with E-state index in [1.165, 1.54) is 0 Å². The minimum Gasteiger partial charge on any atom is -0.338 e. The van der Waals surface area contributed by atoms with Crippen LogP contribution < -0.4 is 5.32 Å². The van der Waals surface area contributed by atoms with E-state index in [-0.39, 0.29) is 5.91 Å². The lowest BCUT2D eigenvalue weighted by molar-refractivity contribution is -0.131. The Labute approximate surface area is 112 Å². The average molecular weight is 265 g/mol. The lowest BCUT2D eigenvalue weighted by atomic mass is 10.0. The van der Waals surface area contributed by atoms with Gasteiger partial charge in [-0.2, -0.15) is 0 Å². The zero-order chi connectivity index (χ0) is 12.5. The second-order valence-electron chi connectivity index (χ2n) is 5.13. The first-order chi connectivity index (χ1) is 8.75. The summed E-state index contributed by atoms with van der Waals surface area (Å²) in [5.74, 6) is 0.861. The highest BCUT2D eigenvalue weighted by Crippen LogP contribution is 2.28. The number of likely N-dealkylation sites (tertiary alicyclic amines) is 1. The van der Waals surface area contributed by atoms with Gasteiger partial charge in [-0.25, -0.2) is 0 Å². The predicted octanol–water partition coefficient (Wildman–Crippen LogP) is 1.70. The lowest BCUT2D eigenvalue weighted by Crippen LogP contribution is -2.39. The van der Waals surface area contributed by atoms with Gasteiger partial charge in [-0.1, -0.05) is 29.8 Å². The molecule has 96 valence electrons. The summed E-state index contributed by atoms with van der Waals surface area (Å²) in [7, 11) is 0. The molecule has 1 aromatic rings. The largest absolute Gasteiger partial charge is 0.338 e. The van der Waals surface area contributed by atoms with Crippen LogP contribution in [0.1, 0.15) is 12.0 Å². The molecule has 2 heterocycles. The van der Waals surface area contributed by atoms with Crippen LogP contribution in [0.5, 0.6) is 0 Å². The zero-order valence-corrected chi connectivity index (χ0v) is 11.0. The fraction of sp³-hybridized carbons (Fsp3) is 0.500. The van der Waals surface area contributed by atoms with E-state index in [9.17, 15) is 4.79 Å². The number of nitrogens with one attached hydrogen (secondary N) is 1. The smallest absolute Gasteiger partial charge is 0.227 e. The average Bonchev–Trinajstić information content (AvgIpc) is 2.93. The van der Waals surface area contributed by atoms with Crippen LogP contribution in [-0.4, -0.2) is 36.5 Å². The monoisotopic (exact) mass is 264 g/mol. The van der Waals surface area contributed by atoms with Gasteiger partial charge in [0.25, 0.3) is 0 Å². The van der Waals surface area contributed by atoms with Crippen molar-refractivity contribution in [1.82, 2.24) is 10.2 Å². The maximum atomic E-state index is 12.3. The van der Waals surface area contributed by atoms with Crippen LogP contribution in [0.2, 0.25) is 5.02 Å². The summed E-state index contributed by atoms with van der Waals surface area (Å²) in [5, 5.41) is 4.05. The Hall–Kier alpha value is -1.06. The first kappa shape index (κ1) is 12.0.